The molecule has 0 spiro atoms. The third-order valence-electron chi connectivity index (χ3n) is 5.88. The molecule has 0 saturated carbocycles. The first-order valence-corrected chi connectivity index (χ1v) is 11.5. The van der Waals surface area contributed by atoms with Crippen LogP contribution in [0.15, 0.2) is 47.6 Å². The van der Waals surface area contributed by atoms with Crippen LogP contribution in [0.3, 0.4) is 0 Å². The number of rotatable bonds is 9. The van der Waals surface area contributed by atoms with Gasteiger partial charge in [-0.05, 0) is 54.4 Å². The van der Waals surface area contributed by atoms with E-state index in [1.807, 2.05) is 49.4 Å². The van der Waals surface area contributed by atoms with E-state index >= 15 is 0 Å². The van der Waals surface area contributed by atoms with Gasteiger partial charge in [0, 0.05) is 26.6 Å². The van der Waals surface area contributed by atoms with Crippen molar-refractivity contribution in [2.24, 2.45) is 5.10 Å². The molecule has 1 N–H and O–H groups in total. The molecule has 0 aliphatic carbocycles. The summed E-state index contributed by atoms with van der Waals surface area (Å²) in [7, 11) is 3.17. The second-order valence-electron chi connectivity index (χ2n) is 8.10. The molecular weight excluding hydrogens is 452 g/mol. The maximum Gasteiger partial charge on any atom is 0.317 e. The summed E-state index contributed by atoms with van der Waals surface area (Å²) in [5.74, 6) is 1.75. The maximum absolute atomic E-state index is 13.5. The Balaban J connectivity index is 1.62. The molecule has 0 radical (unpaired) electrons. The maximum atomic E-state index is 13.5. The third kappa shape index (κ3) is 5.48. The number of ether oxygens (including phenoxy) is 4. The van der Waals surface area contributed by atoms with E-state index in [4.69, 9.17) is 24.0 Å². The number of amides is 3. The lowest BCUT2D eigenvalue weighted by Gasteiger charge is -2.27. The third-order valence-corrected chi connectivity index (χ3v) is 5.88. The van der Waals surface area contributed by atoms with E-state index in [-0.39, 0.29) is 37.9 Å². The van der Waals surface area contributed by atoms with Gasteiger partial charge >= 0.3 is 6.03 Å². The summed E-state index contributed by atoms with van der Waals surface area (Å²) >= 11 is 0. The number of carbonyl (C=O) groups is 2. The zero-order valence-electron chi connectivity index (χ0n) is 20.2. The van der Waals surface area contributed by atoms with Crippen molar-refractivity contribution in [2.45, 2.75) is 19.4 Å². The molecule has 2 heterocycles. The number of nitrogens with one attached hydrogen (secondary N) is 1. The van der Waals surface area contributed by atoms with E-state index in [1.54, 1.807) is 14.2 Å². The lowest BCUT2D eigenvalue weighted by molar-refractivity contribution is -0.133. The number of hydrazone groups is 1. The molecule has 2 aromatic rings. The van der Waals surface area contributed by atoms with Crippen LogP contribution in [-0.2, 0) is 9.53 Å². The van der Waals surface area contributed by atoms with Crippen LogP contribution in [0.1, 0.15) is 30.5 Å². The first-order valence-electron chi connectivity index (χ1n) is 11.5. The summed E-state index contributed by atoms with van der Waals surface area (Å²) in [4.78, 5) is 27.5. The highest BCUT2D eigenvalue weighted by Gasteiger charge is 2.35. The van der Waals surface area contributed by atoms with Crippen molar-refractivity contribution in [3.63, 3.8) is 0 Å². The van der Waals surface area contributed by atoms with Gasteiger partial charge in [-0.15, -0.1) is 0 Å². The fourth-order valence-electron chi connectivity index (χ4n) is 4.03. The van der Waals surface area contributed by atoms with E-state index in [9.17, 15) is 9.59 Å². The fraction of sp³-hybridized carbons (Fsp3) is 0.400. The highest BCUT2D eigenvalue weighted by Crippen LogP contribution is 2.39. The first-order chi connectivity index (χ1) is 17.0. The van der Waals surface area contributed by atoms with Crippen LogP contribution in [0, 0.1) is 0 Å². The van der Waals surface area contributed by atoms with Gasteiger partial charge in [-0.2, -0.15) is 5.10 Å². The summed E-state index contributed by atoms with van der Waals surface area (Å²) in [5.41, 5.74) is 2.54. The van der Waals surface area contributed by atoms with E-state index in [0.29, 0.717) is 31.1 Å². The SMILES string of the molecule is CCNC(=O)N(CCOC)CC(=O)N1N=C(c2ccc(OC)cc2)C[C@@H]1c1ccc2c(c1)OCO2. The van der Waals surface area contributed by atoms with E-state index in [1.165, 1.54) is 9.91 Å². The van der Waals surface area contributed by atoms with Gasteiger partial charge in [0.1, 0.15) is 12.3 Å². The van der Waals surface area contributed by atoms with Crippen LogP contribution >= 0.6 is 0 Å². The molecule has 3 amide bonds. The molecule has 10 heteroatoms. The van der Waals surface area contributed by atoms with E-state index in [2.05, 4.69) is 5.32 Å². The molecule has 10 nitrogen and oxygen atoms in total. The van der Waals surface area contributed by atoms with Gasteiger partial charge in [-0.1, -0.05) is 6.07 Å². The van der Waals surface area contributed by atoms with Gasteiger partial charge in [0.15, 0.2) is 11.5 Å². The minimum Gasteiger partial charge on any atom is -0.497 e. The molecule has 0 saturated heterocycles. The van der Waals surface area contributed by atoms with Crippen LogP contribution in [0.2, 0.25) is 0 Å². The van der Waals surface area contributed by atoms with Crippen molar-refractivity contribution in [2.75, 3.05) is 47.3 Å². The number of fused-ring (bicyclic) bond motifs is 1. The van der Waals surface area contributed by atoms with Crippen molar-refractivity contribution in [3.8, 4) is 17.2 Å². The van der Waals surface area contributed by atoms with Gasteiger partial charge in [0.2, 0.25) is 6.79 Å². The van der Waals surface area contributed by atoms with Gasteiger partial charge in [-0.25, -0.2) is 9.80 Å². The van der Waals surface area contributed by atoms with Crippen LogP contribution in [0.25, 0.3) is 0 Å². The van der Waals surface area contributed by atoms with Crippen molar-refractivity contribution >= 4 is 17.6 Å². The van der Waals surface area contributed by atoms with Crippen molar-refractivity contribution in [1.29, 1.82) is 0 Å². The van der Waals surface area contributed by atoms with E-state index < -0.39 is 0 Å². The Kier molecular flexibility index (Phi) is 7.71. The standard InChI is InChI=1S/C25H30N4O6/c1-4-26-25(31)28(11-12-32-2)15-24(30)29-21(18-7-10-22-23(13-18)35-16-34-22)14-20(27-29)17-5-8-19(33-3)9-6-17/h5-10,13,21H,4,11-12,14-16H2,1-3H3,(H,26,31)/t21-/m1/s1. The zero-order valence-corrected chi connectivity index (χ0v) is 20.2. The Morgan fingerprint density at radius 1 is 1.14 bits per heavy atom. The lowest BCUT2D eigenvalue weighted by atomic mass is 9.98. The highest BCUT2D eigenvalue weighted by molar-refractivity contribution is 6.03. The van der Waals surface area contributed by atoms with E-state index in [0.717, 1.165) is 22.6 Å². The first kappa shape index (κ1) is 24.3. The summed E-state index contributed by atoms with van der Waals surface area (Å²) in [6.45, 7) is 2.92. The van der Waals surface area contributed by atoms with Crippen molar-refractivity contribution < 1.29 is 28.5 Å². The Hall–Kier alpha value is -3.79. The fourth-order valence-corrected chi connectivity index (χ4v) is 4.03. The molecule has 35 heavy (non-hydrogen) atoms. The Morgan fingerprint density at radius 3 is 2.63 bits per heavy atom. The molecule has 0 bridgehead atoms. The van der Waals surface area contributed by atoms with Crippen molar-refractivity contribution in [1.82, 2.24) is 15.2 Å². The second kappa shape index (κ2) is 11.1. The molecule has 0 aromatic heterocycles. The molecule has 4 rings (SSSR count). The molecule has 186 valence electrons. The number of hydrogen-bond donors (Lipinski definition) is 1. The minimum absolute atomic E-state index is 0.129. The minimum atomic E-state index is -0.354. The number of carbonyl (C=O) groups excluding carboxylic acids is 2. The predicted octanol–water partition coefficient (Wildman–Crippen LogP) is 2.78. The smallest absolute Gasteiger partial charge is 0.317 e. The second-order valence-corrected chi connectivity index (χ2v) is 8.10. The number of nitrogens with zero attached hydrogens (tertiary/aromatic N) is 3. The largest absolute Gasteiger partial charge is 0.497 e. The molecule has 2 aromatic carbocycles. The summed E-state index contributed by atoms with van der Waals surface area (Å²) in [6, 6.07) is 12.5. The molecule has 0 unspecified atom stereocenters. The average molecular weight is 483 g/mol. The highest BCUT2D eigenvalue weighted by atomic mass is 16.7. The van der Waals surface area contributed by atoms with Crippen molar-refractivity contribution in [3.05, 3.63) is 53.6 Å². The lowest BCUT2D eigenvalue weighted by Crippen LogP contribution is -2.47. The van der Waals surface area contributed by atoms with Gasteiger partial charge < -0.3 is 29.2 Å². The van der Waals surface area contributed by atoms with Crippen LogP contribution in [-0.4, -0.2) is 74.8 Å². The molecule has 1 atom stereocenters. The van der Waals surface area contributed by atoms with Crippen LogP contribution in [0.4, 0.5) is 4.79 Å². The summed E-state index contributed by atoms with van der Waals surface area (Å²) in [6.07, 6.45) is 0.511. The number of hydrogen-bond acceptors (Lipinski definition) is 7. The average Bonchev–Trinajstić information content (AvgIpc) is 3.53. The Labute approximate surface area is 204 Å². The quantitative estimate of drug-likeness (QED) is 0.590. The number of urea groups is 1. The van der Waals surface area contributed by atoms with Gasteiger partial charge in [0.05, 0.1) is 25.5 Å². The van der Waals surface area contributed by atoms with Crippen LogP contribution in [0.5, 0.6) is 17.2 Å². The Bertz CT molecular complexity index is 1090. The molecule has 2 aliphatic heterocycles. The summed E-state index contributed by atoms with van der Waals surface area (Å²) in [5, 5.41) is 8.92. The predicted molar refractivity (Wildman–Crippen MR) is 129 cm³/mol. The number of methoxy groups -OCH3 is 2. The Morgan fingerprint density at radius 2 is 1.91 bits per heavy atom. The zero-order chi connectivity index (χ0) is 24.8. The molecular formula is C25H30N4O6. The van der Waals surface area contributed by atoms with Gasteiger partial charge in [0.25, 0.3) is 5.91 Å². The van der Waals surface area contributed by atoms with Crippen LogP contribution < -0.4 is 19.5 Å². The molecule has 0 fully saturated rings. The summed E-state index contributed by atoms with van der Waals surface area (Å²) < 4.78 is 21.4. The monoisotopic (exact) mass is 482 g/mol. The van der Waals surface area contributed by atoms with Gasteiger partial charge in [-0.3, -0.25) is 4.79 Å². The molecule has 2 aliphatic rings. The topological polar surface area (TPSA) is 102 Å². The normalized spacial score (nSPS) is 16.1. The number of benzene rings is 2.